The van der Waals surface area contributed by atoms with Crippen LogP contribution in [0.1, 0.15) is 0 Å². The number of nitrogens with zero attached hydrogens (tertiary/aromatic N) is 1. The van der Waals surface area contributed by atoms with Gasteiger partial charge < -0.3 is 5.32 Å². The normalized spacial score (nSPS) is 12.9. The quantitative estimate of drug-likeness (QED) is 0.641. The molecule has 0 saturated heterocycles. The predicted octanol–water partition coefficient (Wildman–Crippen LogP) is 2.73. The molecule has 0 saturated carbocycles. The van der Waals surface area contributed by atoms with Crippen LogP contribution < -0.4 is 5.32 Å². The average Bonchev–Trinajstić information content (AvgIpc) is 2.19. The minimum Gasteiger partial charge on any atom is -0.346 e. The third kappa shape index (κ3) is 0.855. The molecule has 2 aromatic carbocycles. The molecule has 1 radical (unpaired) electrons. The third-order valence-electron chi connectivity index (χ3n) is 2.22. The van der Waals surface area contributed by atoms with E-state index in [1.165, 1.54) is 0 Å². The second kappa shape index (κ2) is 2.33. The number of nitrogens with one attached hydrogen (secondary N) is 1. The van der Waals surface area contributed by atoms with Gasteiger partial charge in [0.2, 0.25) is 0 Å². The van der Waals surface area contributed by atoms with Crippen molar-refractivity contribution in [3.63, 3.8) is 0 Å². The van der Waals surface area contributed by atoms with Crippen molar-refractivity contribution in [3.05, 3.63) is 36.4 Å². The number of rotatable bonds is 0. The fourth-order valence-electron chi connectivity index (χ4n) is 1.64. The van der Waals surface area contributed by atoms with Gasteiger partial charge in [-0.15, -0.1) is 0 Å². The Labute approximate surface area is 75.9 Å². The molecule has 1 aliphatic rings. The van der Waals surface area contributed by atoms with Gasteiger partial charge in [0.1, 0.15) is 0 Å². The van der Waals surface area contributed by atoms with Gasteiger partial charge in [-0.2, -0.15) is 0 Å². The van der Waals surface area contributed by atoms with Crippen LogP contribution in [0.5, 0.6) is 0 Å². The summed E-state index contributed by atoms with van der Waals surface area (Å²) in [6.45, 7) is 0. The highest BCUT2D eigenvalue weighted by Crippen LogP contribution is 2.33. The molecular formula is C11H7N2. The number of aliphatic imine (C=N–C) groups is 1. The van der Waals surface area contributed by atoms with E-state index in [-0.39, 0.29) is 0 Å². The summed E-state index contributed by atoms with van der Waals surface area (Å²) in [4.78, 5) is 4.26. The Balaban J connectivity index is 2.56. The van der Waals surface area contributed by atoms with E-state index < -0.39 is 0 Å². The molecule has 0 aliphatic carbocycles. The summed E-state index contributed by atoms with van der Waals surface area (Å²) in [5.74, 6) is 0. The van der Waals surface area contributed by atoms with E-state index in [9.17, 15) is 0 Å². The summed E-state index contributed by atoms with van der Waals surface area (Å²) in [6, 6.07) is 13.2. The lowest BCUT2D eigenvalue weighted by molar-refractivity contribution is 1.52. The molecule has 0 bridgehead atoms. The van der Waals surface area contributed by atoms with Gasteiger partial charge in [-0.25, -0.2) is 4.99 Å². The second-order valence-electron chi connectivity index (χ2n) is 2.99. The Bertz CT molecular complexity index is 495. The van der Waals surface area contributed by atoms with E-state index in [4.69, 9.17) is 0 Å². The van der Waals surface area contributed by atoms with E-state index in [1.54, 1.807) is 6.34 Å². The summed E-state index contributed by atoms with van der Waals surface area (Å²) in [5, 5.41) is 5.39. The SMILES string of the molecule is [c]1ccc2c3c(cccc13)N=CN2. The molecule has 13 heavy (non-hydrogen) atoms. The maximum Gasteiger partial charge on any atom is 0.0930 e. The number of benzene rings is 2. The maximum absolute atomic E-state index is 4.26. The molecule has 0 fully saturated rings. The molecule has 0 aromatic heterocycles. The number of hydrogen-bond acceptors (Lipinski definition) is 2. The van der Waals surface area contributed by atoms with E-state index in [0.717, 1.165) is 22.1 Å². The van der Waals surface area contributed by atoms with Gasteiger partial charge in [0, 0.05) is 11.1 Å². The van der Waals surface area contributed by atoms with Gasteiger partial charge in [-0.3, -0.25) is 0 Å². The molecule has 0 spiro atoms. The molecule has 1 aliphatic heterocycles. The van der Waals surface area contributed by atoms with Crippen LogP contribution in [0.3, 0.4) is 0 Å². The van der Waals surface area contributed by atoms with Gasteiger partial charge in [-0.1, -0.05) is 18.2 Å². The summed E-state index contributed by atoms with van der Waals surface area (Å²) in [5.41, 5.74) is 2.13. The van der Waals surface area contributed by atoms with E-state index >= 15 is 0 Å². The van der Waals surface area contributed by atoms with Crippen LogP contribution in [0.15, 0.2) is 35.3 Å². The highest BCUT2D eigenvalue weighted by molar-refractivity contribution is 6.08. The first-order chi connectivity index (χ1) is 6.45. The summed E-state index contributed by atoms with van der Waals surface area (Å²) < 4.78 is 0. The third-order valence-corrected chi connectivity index (χ3v) is 2.22. The zero-order chi connectivity index (χ0) is 8.67. The lowest BCUT2D eigenvalue weighted by Gasteiger charge is -2.12. The van der Waals surface area contributed by atoms with Gasteiger partial charge in [0.15, 0.2) is 0 Å². The molecule has 2 heteroatoms. The fraction of sp³-hybridized carbons (Fsp3) is 0. The lowest BCUT2D eigenvalue weighted by Crippen LogP contribution is -1.99. The maximum atomic E-state index is 4.26. The molecule has 2 nitrogen and oxygen atoms in total. The Morgan fingerprint density at radius 1 is 1.23 bits per heavy atom. The summed E-state index contributed by atoms with van der Waals surface area (Å²) >= 11 is 0. The van der Waals surface area contributed by atoms with Crippen molar-refractivity contribution in [2.75, 3.05) is 5.32 Å². The zero-order valence-corrected chi connectivity index (χ0v) is 6.91. The van der Waals surface area contributed by atoms with Crippen molar-refractivity contribution in [2.24, 2.45) is 4.99 Å². The largest absolute Gasteiger partial charge is 0.346 e. The van der Waals surface area contributed by atoms with Crippen molar-refractivity contribution in [3.8, 4) is 0 Å². The van der Waals surface area contributed by atoms with Crippen molar-refractivity contribution < 1.29 is 0 Å². The van der Waals surface area contributed by atoms with Crippen LogP contribution in [0.2, 0.25) is 0 Å². The van der Waals surface area contributed by atoms with Crippen LogP contribution in [0, 0.1) is 6.07 Å². The molecule has 1 N–H and O–H groups in total. The molecule has 3 rings (SSSR count). The van der Waals surface area contributed by atoms with Crippen LogP contribution in [-0.4, -0.2) is 6.34 Å². The summed E-state index contributed by atoms with van der Waals surface area (Å²) in [6.07, 6.45) is 1.72. The molecule has 0 atom stereocenters. The van der Waals surface area contributed by atoms with Crippen molar-refractivity contribution in [1.29, 1.82) is 0 Å². The number of anilines is 1. The highest BCUT2D eigenvalue weighted by atomic mass is 15.0. The van der Waals surface area contributed by atoms with Gasteiger partial charge in [0.25, 0.3) is 0 Å². The van der Waals surface area contributed by atoms with E-state index in [2.05, 4.69) is 16.4 Å². The minimum absolute atomic E-state index is 1.02. The van der Waals surface area contributed by atoms with Gasteiger partial charge >= 0.3 is 0 Å². The predicted molar refractivity (Wildman–Crippen MR) is 54.6 cm³/mol. The topological polar surface area (TPSA) is 24.4 Å². The minimum atomic E-state index is 1.02. The highest BCUT2D eigenvalue weighted by Gasteiger charge is 2.07. The van der Waals surface area contributed by atoms with Gasteiger partial charge in [0.05, 0.1) is 12.0 Å². The molecular weight excluding hydrogens is 160 g/mol. The number of hydrogen-bond donors (Lipinski definition) is 1. The van der Waals surface area contributed by atoms with Crippen LogP contribution in [-0.2, 0) is 0 Å². The molecule has 61 valence electrons. The van der Waals surface area contributed by atoms with Gasteiger partial charge in [-0.05, 0) is 23.6 Å². The van der Waals surface area contributed by atoms with Crippen LogP contribution in [0.4, 0.5) is 11.4 Å². The molecule has 2 aromatic rings. The standard InChI is InChI=1S/C11H7N2/c1-3-8-4-2-6-10-11(8)9(5-1)12-7-13-10/h1-3,5-7H,(H,12,13). The lowest BCUT2D eigenvalue weighted by atomic mass is 10.1. The van der Waals surface area contributed by atoms with Crippen LogP contribution >= 0.6 is 0 Å². The Morgan fingerprint density at radius 2 is 2.23 bits per heavy atom. The summed E-state index contributed by atoms with van der Waals surface area (Å²) in [7, 11) is 0. The monoisotopic (exact) mass is 167 g/mol. The fourth-order valence-corrected chi connectivity index (χ4v) is 1.64. The smallest absolute Gasteiger partial charge is 0.0930 e. The molecule has 0 amide bonds. The van der Waals surface area contributed by atoms with E-state index in [0.29, 0.717) is 0 Å². The zero-order valence-electron chi connectivity index (χ0n) is 6.91. The first-order valence-corrected chi connectivity index (χ1v) is 4.18. The first-order valence-electron chi connectivity index (χ1n) is 4.18. The average molecular weight is 167 g/mol. The second-order valence-corrected chi connectivity index (χ2v) is 2.99. The Kier molecular flexibility index (Phi) is 1.19. The first kappa shape index (κ1) is 6.66. The van der Waals surface area contributed by atoms with Crippen molar-refractivity contribution >= 4 is 28.5 Å². The Hall–Kier alpha value is -1.83. The van der Waals surface area contributed by atoms with Crippen LogP contribution in [0.25, 0.3) is 10.8 Å². The molecule has 0 unspecified atom stereocenters. The van der Waals surface area contributed by atoms with Crippen molar-refractivity contribution in [1.82, 2.24) is 0 Å². The Morgan fingerprint density at radius 3 is 3.23 bits per heavy atom. The van der Waals surface area contributed by atoms with E-state index in [1.807, 2.05) is 30.3 Å². The molecule has 1 heterocycles. The van der Waals surface area contributed by atoms with Crippen molar-refractivity contribution in [2.45, 2.75) is 0 Å².